The summed E-state index contributed by atoms with van der Waals surface area (Å²) in [5.41, 5.74) is 0. The van der Waals surface area contributed by atoms with Gasteiger partial charge in [-0.25, -0.2) is 0 Å². The molecule has 0 saturated heterocycles. The minimum Gasteiger partial charge on any atom is -0.345 e. The van der Waals surface area contributed by atoms with Crippen LogP contribution in [0.4, 0.5) is 0 Å². The molecule has 0 heterocycles. The second kappa shape index (κ2) is 6.59. The van der Waals surface area contributed by atoms with Gasteiger partial charge in [-0.05, 0) is 19.8 Å². The molecule has 1 atom stereocenters. The molecular formula is C8H19NO4S2. The highest BCUT2D eigenvalue weighted by Crippen LogP contribution is 2.33. The van der Waals surface area contributed by atoms with E-state index in [4.69, 9.17) is 13.7 Å². The number of thiol groups is 1. The van der Waals surface area contributed by atoms with E-state index in [9.17, 15) is 4.79 Å². The molecular weight excluding hydrogens is 238 g/mol. The normalized spacial score (nSPS) is 14.8. The summed E-state index contributed by atoms with van der Waals surface area (Å²) in [5, 5.41) is -0.326. The molecule has 0 bridgehead atoms. The van der Waals surface area contributed by atoms with Gasteiger partial charge >= 0.3 is 0 Å². The highest BCUT2D eigenvalue weighted by atomic mass is 32.3. The number of rotatable bonds is 6. The second-order valence-corrected chi connectivity index (χ2v) is 5.93. The third-order valence-electron chi connectivity index (χ3n) is 1.90. The van der Waals surface area contributed by atoms with E-state index in [0.717, 1.165) is 0 Å². The lowest BCUT2D eigenvalue weighted by molar-refractivity contribution is -0.129. The highest BCUT2D eigenvalue weighted by molar-refractivity contribution is 8.19. The van der Waals surface area contributed by atoms with Crippen LogP contribution >= 0.6 is 23.5 Å². The zero-order chi connectivity index (χ0) is 12.1. The molecule has 0 saturated carbocycles. The molecule has 0 aromatic rings. The molecule has 0 aromatic heterocycles. The summed E-state index contributed by atoms with van der Waals surface area (Å²) in [6.07, 6.45) is 1.09. The smallest absolute Gasteiger partial charge is 0.234 e. The van der Waals surface area contributed by atoms with Crippen LogP contribution in [-0.2, 0) is 4.79 Å². The standard InChI is InChI=1S/C8H19NO4S2/c1-7(14)8(10)9(2)5-3-4-6-15(11,12)13/h7,11-14H,3-6H2,1-2H3. The lowest BCUT2D eigenvalue weighted by atomic mass is 10.3. The lowest BCUT2D eigenvalue weighted by Gasteiger charge is -2.21. The molecule has 0 spiro atoms. The third-order valence-corrected chi connectivity index (χ3v) is 2.95. The van der Waals surface area contributed by atoms with Gasteiger partial charge in [0.05, 0.1) is 16.1 Å². The Kier molecular flexibility index (Phi) is 6.62. The van der Waals surface area contributed by atoms with E-state index in [-0.39, 0.29) is 16.9 Å². The Bertz CT molecular complexity index is 205. The molecule has 3 N–H and O–H groups in total. The van der Waals surface area contributed by atoms with Gasteiger partial charge in [-0.3, -0.25) is 4.79 Å². The summed E-state index contributed by atoms with van der Waals surface area (Å²) in [6.45, 7) is 2.23. The van der Waals surface area contributed by atoms with Gasteiger partial charge in [0.15, 0.2) is 0 Å². The molecule has 7 heteroatoms. The predicted molar refractivity (Wildman–Crippen MR) is 65.7 cm³/mol. The first-order chi connectivity index (χ1) is 6.74. The van der Waals surface area contributed by atoms with Crippen LogP contribution in [0.2, 0.25) is 0 Å². The van der Waals surface area contributed by atoms with Gasteiger partial charge < -0.3 is 18.6 Å². The minimum absolute atomic E-state index is 0.0363. The van der Waals surface area contributed by atoms with Crippen LogP contribution in [0.15, 0.2) is 0 Å². The topological polar surface area (TPSA) is 81.0 Å². The average molecular weight is 257 g/mol. The van der Waals surface area contributed by atoms with E-state index in [1.807, 2.05) is 0 Å². The molecule has 0 aliphatic carbocycles. The zero-order valence-corrected chi connectivity index (χ0v) is 10.7. The molecule has 0 aromatic carbocycles. The van der Waals surface area contributed by atoms with E-state index in [1.165, 1.54) is 0 Å². The van der Waals surface area contributed by atoms with Crippen molar-refractivity contribution in [2.45, 2.75) is 25.0 Å². The highest BCUT2D eigenvalue weighted by Gasteiger charge is 2.14. The quantitative estimate of drug-likeness (QED) is 0.432. The van der Waals surface area contributed by atoms with E-state index < -0.39 is 10.9 Å². The van der Waals surface area contributed by atoms with Gasteiger partial charge in [0.1, 0.15) is 0 Å². The van der Waals surface area contributed by atoms with Gasteiger partial charge in [-0.2, -0.15) is 12.6 Å². The Balaban J connectivity index is 3.65. The maximum absolute atomic E-state index is 11.3. The van der Waals surface area contributed by atoms with Gasteiger partial charge in [0.25, 0.3) is 0 Å². The molecule has 0 aliphatic heterocycles. The van der Waals surface area contributed by atoms with Crippen LogP contribution in [-0.4, -0.2) is 49.1 Å². The fourth-order valence-corrected chi connectivity index (χ4v) is 1.86. The maximum Gasteiger partial charge on any atom is 0.234 e. The average Bonchev–Trinajstić information content (AvgIpc) is 2.09. The Morgan fingerprint density at radius 1 is 1.40 bits per heavy atom. The first-order valence-corrected chi connectivity index (χ1v) is 6.84. The summed E-state index contributed by atoms with van der Waals surface area (Å²) < 4.78 is 26.0. The number of amides is 1. The van der Waals surface area contributed by atoms with Gasteiger partial charge in [0, 0.05) is 19.3 Å². The molecule has 15 heavy (non-hydrogen) atoms. The molecule has 0 radical (unpaired) electrons. The first kappa shape index (κ1) is 15.0. The van der Waals surface area contributed by atoms with Crippen molar-refractivity contribution in [2.75, 3.05) is 19.3 Å². The van der Waals surface area contributed by atoms with Crippen LogP contribution in [0.5, 0.6) is 0 Å². The number of nitrogens with zero attached hydrogens (tertiary/aromatic N) is 1. The number of unbranched alkanes of at least 4 members (excludes halogenated alkanes) is 1. The number of carbonyl (C=O) groups excluding carboxylic acids is 1. The minimum atomic E-state index is -3.38. The summed E-state index contributed by atoms with van der Waals surface area (Å²) in [6, 6.07) is 0. The predicted octanol–water partition coefficient (Wildman–Crippen LogP) is 1.77. The number of hydrogen-bond acceptors (Lipinski definition) is 5. The number of carbonyl (C=O) groups is 1. The van der Waals surface area contributed by atoms with Crippen LogP contribution in [0, 0.1) is 0 Å². The molecule has 5 nitrogen and oxygen atoms in total. The third kappa shape index (κ3) is 7.92. The van der Waals surface area contributed by atoms with Crippen molar-refractivity contribution in [3.05, 3.63) is 0 Å². The lowest BCUT2D eigenvalue weighted by Crippen LogP contribution is -2.33. The van der Waals surface area contributed by atoms with E-state index in [2.05, 4.69) is 12.6 Å². The van der Waals surface area contributed by atoms with Crippen LogP contribution in [0.3, 0.4) is 0 Å². The van der Waals surface area contributed by atoms with Crippen LogP contribution in [0.1, 0.15) is 19.8 Å². The maximum atomic E-state index is 11.3. The van der Waals surface area contributed by atoms with Crippen molar-refractivity contribution in [1.82, 2.24) is 4.90 Å². The molecule has 92 valence electrons. The van der Waals surface area contributed by atoms with Crippen molar-refractivity contribution >= 4 is 29.4 Å². The first-order valence-electron chi connectivity index (χ1n) is 4.65. The Morgan fingerprint density at radius 2 is 1.93 bits per heavy atom. The fourth-order valence-electron chi connectivity index (χ4n) is 1.07. The van der Waals surface area contributed by atoms with E-state index >= 15 is 0 Å². The van der Waals surface area contributed by atoms with Crippen LogP contribution < -0.4 is 0 Å². The van der Waals surface area contributed by atoms with Gasteiger partial charge in [-0.1, -0.05) is 0 Å². The van der Waals surface area contributed by atoms with E-state index in [0.29, 0.717) is 19.4 Å². The Hall–Kier alpha value is 0.0500. The Morgan fingerprint density at radius 3 is 2.33 bits per heavy atom. The Labute approximate surface area is 97.4 Å². The number of hydrogen-bond donors (Lipinski definition) is 4. The van der Waals surface area contributed by atoms with Crippen molar-refractivity contribution in [2.24, 2.45) is 0 Å². The van der Waals surface area contributed by atoms with Crippen molar-refractivity contribution < 1.29 is 18.5 Å². The van der Waals surface area contributed by atoms with Crippen molar-refractivity contribution in [3.8, 4) is 0 Å². The van der Waals surface area contributed by atoms with Crippen LogP contribution in [0.25, 0.3) is 0 Å². The van der Waals surface area contributed by atoms with Crippen molar-refractivity contribution in [3.63, 3.8) is 0 Å². The van der Waals surface area contributed by atoms with Gasteiger partial charge in [-0.15, -0.1) is 0 Å². The molecule has 0 fully saturated rings. The summed E-state index contributed by atoms with van der Waals surface area (Å²) in [5.74, 6) is -0.0974. The monoisotopic (exact) mass is 257 g/mol. The summed E-state index contributed by atoms with van der Waals surface area (Å²) in [7, 11) is -1.70. The molecule has 0 aliphatic rings. The summed E-state index contributed by atoms with van der Waals surface area (Å²) >= 11 is 4.02. The second-order valence-electron chi connectivity index (χ2n) is 3.48. The SMILES string of the molecule is CC(S)C(=O)N(C)CCCCS(O)(O)O. The molecule has 1 unspecified atom stereocenters. The molecule has 0 rings (SSSR count). The van der Waals surface area contributed by atoms with Crippen molar-refractivity contribution in [1.29, 1.82) is 0 Å². The molecule has 1 amide bonds. The van der Waals surface area contributed by atoms with Gasteiger partial charge in [0.2, 0.25) is 5.91 Å². The summed E-state index contributed by atoms with van der Waals surface area (Å²) in [4.78, 5) is 12.9. The fraction of sp³-hybridized carbons (Fsp3) is 0.875. The zero-order valence-electron chi connectivity index (χ0n) is 8.96. The largest absolute Gasteiger partial charge is 0.345 e. The van der Waals surface area contributed by atoms with E-state index in [1.54, 1.807) is 18.9 Å².